The molecule has 1 fully saturated rings. The first kappa shape index (κ1) is 26.1. The predicted octanol–water partition coefficient (Wildman–Crippen LogP) is 3.61. The molecule has 7 rings (SSSR count). The van der Waals surface area contributed by atoms with Gasteiger partial charge in [0, 0.05) is 38.2 Å². The van der Waals surface area contributed by atoms with Crippen LogP contribution in [0.5, 0.6) is 5.75 Å². The van der Waals surface area contributed by atoms with Crippen LogP contribution in [0.3, 0.4) is 0 Å². The van der Waals surface area contributed by atoms with Gasteiger partial charge >= 0.3 is 0 Å². The normalized spacial score (nSPS) is 20.3. The van der Waals surface area contributed by atoms with Crippen molar-refractivity contribution in [3.8, 4) is 5.75 Å². The number of carbonyl (C=O) groups excluding carboxylic acids is 3. The lowest BCUT2D eigenvalue weighted by atomic mass is 9.96. The van der Waals surface area contributed by atoms with Crippen molar-refractivity contribution in [3.63, 3.8) is 0 Å². The van der Waals surface area contributed by atoms with Gasteiger partial charge in [0.05, 0.1) is 12.2 Å². The van der Waals surface area contributed by atoms with E-state index in [2.05, 4.69) is 11.2 Å². The summed E-state index contributed by atoms with van der Waals surface area (Å²) < 4.78 is 7.88. The highest BCUT2D eigenvalue weighted by Crippen LogP contribution is 2.41. The molecule has 4 aliphatic rings. The summed E-state index contributed by atoms with van der Waals surface area (Å²) in [7, 11) is 1.75. The highest BCUT2D eigenvalue weighted by Gasteiger charge is 2.42. The van der Waals surface area contributed by atoms with E-state index < -0.39 is 6.04 Å². The van der Waals surface area contributed by atoms with Crippen LogP contribution in [0.25, 0.3) is 0 Å². The number of anilines is 1. The SMILES string of the molecule is Cc1cccc(Cn2nc3c(c2Cl)CCN([C@H]2COc4ccc5c(c4N(C)C2=O)CCN(C(=O)C2CC2)C5)C3=O)c1. The number of hydrogen-bond acceptors (Lipinski definition) is 5. The van der Waals surface area contributed by atoms with E-state index in [1.165, 1.54) is 0 Å². The van der Waals surface area contributed by atoms with Crippen molar-refractivity contribution in [1.82, 2.24) is 19.6 Å². The van der Waals surface area contributed by atoms with Gasteiger partial charge < -0.3 is 19.4 Å². The maximum Gasteiger partial charge on any atom is 0.275 e. The zero-order valence-electron chi connectivity index (χ0n) is 23.2. The molecular formula is C31H32ClN5O4. The summed E-state index contributed by atoms with van der Waals surface area (Å²) in [6, 6.07) is 11.2. The summed E-state index contributed by atoms with van der Waals surface area (Å²) in [5.74, 6) is 0.525. The van der Waals surface area contributed by atoms with Gasteiger partial charge in [-0.05, 0) is 55.4 Å². The van der Waals surface area contributed by atoms with Crippen LogP contribution in [0.4, 0.5) is 5.69 Å². The zero-order valence-corrected chi connectivity index (χ0v) is 24.0. The third-order valence-electron chi connectivity index (χ3n) is 8.76. The van der Waals surface area contributed by atoms with Gasteiger partial charge in [-0.15, -0.1) is 0 Å². The van der Waals surface area contributed by atoms with Crippen LogP contribution in [0.2, 0.25) is 5.15 Å². The maximum absolute atomic E-state index is 13.9. The Morgan fingerprint density at radius 2 is 1.90 bits per heavy atom. The Labute approximate surface area is 243 Å². The number of benzene rings is 2. The van der Waals surface area contributed by atoms with E-state index in [1.54, 1.807) is 21.5 Å². The van der Waals surface area contributed by atoms with E-state index >= 15 is 0 Å². The van der Waals surface area contributed by atoms with Gasteiger partial charge in [-0.2, -0.15) is 5.10 Å². The quantitative estimate of drug-likeness (QED) is 0.476. The Bertz CT molecular complexity index is 1600. The molecule has 1 saturated carbocycles. The second kappa shape index (κ2) is 9.91. The first-order valence-corrected chi connectivity index (χ1v) is 14.6. The molecule has 0 spiro atoms. The minimum Gasteiger partial charge on any atom is -0.489 e. The van der Waals surface area contributed by atoms with Gasteiger partial charge in [0.25, 0.3) is 11.8 Å². The van der Waals surface area contributed by atoms with E-state index in [-0.39, 0.29) is 30.2 Å². The third-order valence-corrected chi connectivity index (χ3v) is 9.18. The lowest BCUT2D eigenvalue weighted by molar-refractivity contribution is -0.133. The number of ether oxygens (including phenoxy) is 1. The van der Waals surface area contributed by atoms with Crippen LogP contribution < -0.4 is 9.64 Å². The van der Waals surface area contributed by atoms with Crippen LogP contribution >= 0.6 is 11.6 Å². The number of nitrogens with zero attached hydrogens (tertiary/aromatic N) is 5. The van der Waals surface area contributed by atoms with Gasteiger partial charge in [0.2, 0.25) is 5.91 Å². The summed E-state index contributed by atoms with van der Waals surface area (Å²) >= 11 is 6.69. The van der Waals surface area contributed by atoms with E-state index in [0.717, 1.165) is 46.3 Å². The second-order valence-electron chi connectivity index (χ2n) is 11.6. The molecule has 3 aliphatic heterocycles. The summed E-state index contributed by atoms with van der Waals surface area (Å²) in [5.41, 5.74) is 6.02. The molecule has 3 aromatic rings. The standard InChI is InChI=1S/C31H32ClN5O4/c1-18-4-3-5-19(14-18)15-37-28(32)23-11-13-36(31(40)26(23)33-37)24-17-41-25-9-8-21-16-35(29(38)20-6-7-20)12-10-22(21)27(25)34(2)30(24)39/h3-5,8-9,14,20,24H,6-7,10-13,15-17H2,1-2H3/t24-/m0/s1. The Balaban J connectivity index is 1.13. The van der Waals surface area contributed by atoms with E-state index in [9.17, 15) is 14.4 Å². The van der Waals surface area contributed by atoms with Crippen LogP contribution in [0.15, 0.2) is 36.4 Å². The molecule has 212 valence electrons. The van der Waals surface area contributed by atoms with E-state index in [1.807, 2.05) is 42.2 Å². The number of aromatic nitrogens is 2. The van der Waals surface area contributed by atoms with Crippen LogP contribution in [0, 0.1) is 12.8 Å². The van der Waals surface area contributed by atoms with E-state index in [4.69, 9.17) is 16.3 Å². The number of amides is 3. The molecule has 41 heavy (non-hydrogen) atoms. The molecule has 1 atom stereocenters. The van der Waals surface area contributed by atoms with Crippen molar-refractivity contribution < 1.29 is 19.1 Å². The second-order valence-corrected chi connectivity index (χ2v) is 11.9. The topological polar surface area (TPSA) is 88.0 Å². The molecule has 1 aliphatic carbocycles. The molecule has 0 bridgehead atoms. The number of rotatable bonds is 4. The number of carbonyl (C=O) groups is 3. The van der Waals surface area contributed by atoms with Crippen molar-refractivity contribution in [2.75, 3.05) is 31.6 Å². The van der Waals surface area contributed by atoms with Gasteiger partial charge in [0.1, 0.15) is 23.6 Å². The molecule has 0 radical (unpaired) electrons. The van der Waals surface area contributed by atoms with Crippen molar-refractivity contribution in [2.45, 2.75) is 51.7 Å². The number of aryl methyl sites for hydroxylation is 1. The third kappa shape index (κ3) is 4.47. The first-order chi connectivity index (χ1) is 19.8. The molecule has 3 amide bonds. The Hall–Kier alpha value is -3.85. The smallest absolute Gasteiger partial charge is 0.275 e. The minimum absolute atomic E-state index is 0.0556. The first-order valence-electron chi connectivity index (χ1n) is 14.3. The average Bonchev–Trinajstić information content (AvgIpc) is 3.78. The summed E-state index contributed by atoms with van der Waals surface area (Å²) in [6.07, 6.45) is 3.13. The van der Waals surface area contributed by atoms with Gasteiger partial charge in [0.15, 0.2) is 5.69 Å². The molecule has 0 saturated heterocycles. The van der Waals surface area contributed by atoms with Crippen molar-refractivity contribution in [1.29, 1.82) is 0 Å². The average molecular weight is 574 g/mol. The summed E-state index contributed by atoms with van der Waals surface area (Å²) in [5, 5.41) is 5.06. The molecule has 4 heterocycles. The molecule has 0 unspecified atom stereocenters. The molecule has 9 nitrogen and oxygen atoms in total. The van der Waals surface area contributed by atoms with Gasteiger partial charge in [-0.25, -0.2) is 4.68 Å². The van der Waals surface area contributed by atoms with Crippen LogP contribution in [0.1, 0.15) is 51.1 Å². The molecule has 10 heteroatoms. The van der Waals surface area contributed by atoms with Crippen molar-refractivity contribution in [2.24, 2.45) is 5.92 Å². The van der Waals surface area contributed by atoms with Crippen LogP contribution in [-0.4, -0.2) is 70.1 Å². The number of halogens is 1. The zero-order chi connectivity index (χ0) is 28.4. The Kier molecular flexibility index (Phi) is 6.30. The van der Waals surface area contributed by atoms with Crippen LogP contribution in [-0.2, 0) is 35.5 Å². The monoisotopic (exact) mass is 573 g/mol. The molecule has 2 aromatic carbocycles. The van der Waals surface area contributed by atoms with Gasteiger partial charge in [-0.3, -0.25) is 14.4 Å². The number of likely N-dealkylation sites (N-methyl/N-ethyl adjacent to an activating group) is 1. The Morgan fingerprint density at radius 3 is 2.68 bits per heavy atom. The fourth-order valence-corrected chi connectivity index (χ4v) is 6.68. The highest BCUT2D eigenvalue weighted by atomic mass is 35.5. The molecule has 1 aromatic heterocycles. The van der Waals surface area contributed by atoms with Crippen molar-refractivity contribution >= 4 is 35.0 Å². The Morgan fingerprint density at radius 1 is 1.10 bits per heavy atom. The number of fused-ring (bicyclic) bond motifs is 4. The molecular weight excluding hydrogens is 542 g/mol. The number of hydrogen-bond donors (Lipinski definition) is 0. The lowest BCUT2D eigenvalue weighted by Crippen LogP contribution is -2.54. The van der Waals surface area contributed by atoms with Gasteiger partial charge in [-0.1, -0.05) is 47.5 Å². The van der Waals surface area contributed by atoms with Crippen molar-refractivity contribution in [3.05, 3.63) is 75.1 Å². The lowest BCUT2D eigenvalue weighted by Gasteiger charge is -2.34. The predicted molar refractivity (Wildman–Crippen MR) is 153 cm³/mol. The van der Waals surface area contributed by atoms with E-state index in [0.29, 0.717) is 55.6 Å². The summed E-state index contributed by atoms with van der Waals surface area (Å²) in [6.45, 7) is 4.07. The maximum atomic E-state index is 13.9. The fraction of sp³-hybridized carbons (Fsp3) is 0.419. The minimum atomic E-state index is -0.791. The highest BCUT2D eigenvalue weighted by molar-refractivity contribution is 6.31. The fourth-order valence-electron chi connectivity index (χ4n) is 6.40. The summed E-state index contributed by atoms with van der Waals surface area (Å²) in [4.78, 5) is 45.5. The largest absolute Gasteiger partial charge is 0.489 e. The molecule has 0 N–H and O–H groups in total.